The Morgan fingerprint density at radius 2 is 2.00 bits per heavy atom. The number of nitrogens with one attached hydrogen (secondary N) is 1. The van der Waals surface area contributed by atoms with E-state index in [9.17, 15) is 14.4 Å². The molecule has 3 rings (SSSR count). The summed E-state index contributed by atoms with van der Waals surface area (Å²) in [5.74, 6) is -0.601. The Bertz CT molecular complexity index is 1150. The number of rotatable bonds is 9. The minimum Gasteiger partial charge on any atom is -0.467 e. The van der Waals surface area contributed by atoms with Gasteiger partial charge in [0.15, 0.2) is 11.7 Å². The average Bonchev–Trinajstić information content (AvgIpc) is 3.48. The molecule has 0 aliphatic carbocycles. The monoisotopic (exact) mass is 473 g/mol. The van der Waals surface area contributed by atoms with E-state index in [4.69, 9.17) is 20.3 Å². The fraction of sp³-hybridized carbons (Fsp3) is 0.364. The summed E-state index contributed by atoms with van der Waals surface area (Å²) >= 11 is 0.741. The second-order valence-corrected chi connectivity index (χ2v) is 9.00. The normalized spacial score (nSPS) is 12.4. The smallest absolute Gasteiger partial charge is 0.270 e. The zero-order chi connectivity index (χ0) is 24.3. The van der Waals surface area contributed by atoms with Gasteiger partial charge < -0.3 is 30.5 Å². The van der Waals surface area contributed by atoms with Crippen LogP contribution in [0.1, 0.15) is 70.7 Å². The van der Waals surface area contributed by atoms with E-state index in [0.717, 1.165) is 11.5 Å². The number of carbonyl (C=O) groups is 3. The molecular formula is C22H27N5O5S. The molecule has 0 bridgehead atoms. The Labute approximate surface area is 195 Å². The zero-order valence-corrected chi connectivity index (χ0v) is 19.7. The van der Waals surface area contributed by atoms with E-state index in [1.54, 1.807) is 31.2 Å². The Hall–Kier alpha value is -3.60. The summed E-state index contributed by atoms with van der Waals surface area (Å²) in [6, 6.07) is 5.58. The summed E-state index contributed by atoms with van der Waals surface area (Å²) < 4.78 is 15.1. The molecule has 0 aromatic carbocycles. The van der Waals surface area contributed by atoms with Crippen LogP contribution in [0, 0.1) is 6.92 Å². The van der Waals surface area contributed by atoms with E-state index in [0.29, 0.717) is 17.9 Å². The van der Waals surface area contributed by atoms with Gasteiger partial charge in [0.1, 0.15) is 22.2 Å². The lowest BCUT2D eigenvalue weighted by molar-refractivity contribution is -0.128. The van der Waals surface area contributed by atoms with E-state index in [1.807, 2.05) is 20.8 Å². The van der Waals surface area contributed by atoms with E-state index < -0.39 is 29.3 Å². The van der Waals surface area contributed by atoms with Gasteiger partial charge in [-0.1, -0.05) is 6.92 Å². The number of primary amides is 1. The van der Waals surface area contributed by atoms with E-state index in [2.05, 4.69) is 9.69 Å². The summed E-state index contributed by atoms with van der Waals surface area (Å²) in [5, 5.41) is 2.98. The second kappa shape index (κ2) is 9.49. The van der Waals surface area contributed by atoms with Crippen LogP contribution in [0.3, 0.4) is 0 Å². The Morgan fingerprint density at radius 3 is 2.52 bits per heavy atom. The van der Waals surface area contributed by atoms with Crippen molar-refractivity contribution in [3.05, 3.63) is 58.4 Å². The van der Waals surface area contributed by atoms with Crippen molar-refractivity contribution >= 4 is 34.9 Å². The fourth-order valence-corrected chi connectivity index (χ4v) is 3.89. The molecule has 5 N–H and O–H groups in total. The summed E-state index contributed by atoms with van der Waals surface area (Å²) in [6.45, 7) is 7.40. The molecule has 11 heteroatoms. The van der Waals surface area contributed by atoms with Crippen molar-refractivity contribution in [2.45, 2.75) is 52.2 Å². The fourth-order valence-electron chi connectivity index (χ4n) is 3.13. The molecule has 0 aliphatic rings. The highest BCUT2D eigenvalue weighted by molar-refractivity contribution is 7.09. The van der Waals surface area contributed by atoms with Crippen LogP contribution in [0.15, 0.2) is 39.4 Å². The predicted octanol–water partition coefficient (Wildman–Crippen LogP) is 3.01. The first-order valence-corrected chi connectivity index (χ1v) is 11.1. The number of aryl methyl sites for hydroxylation is 1. The van der Waals surface area contributed by atoms with Crippen LogP contribution in [0.4, 0.5) is 5.69 Å². The molecule has 0 aliphatic heterocycles. The van der Waals surface area contributed by atoms with E-state index in [1.165, 1.54) is 11.2 Å². The van der Waals surface area contributed by atoms with Crippen LogP contribution in [-0.2, 0) is 11.3 Å². The van der Waals surface area contributed by atoms with Gasteiger partial charge in [0, 0.05) is 5.54 Å². The molecule has 0 unspecified atom stereocenters. The molecular weight excluding hydrogens is 446 g/mol. The van der Waals surface area contributed by atoms with Gasteiger partial charge in [-0.15, -0.1) is 0 Å². The third-order valence-electron chi connectivity index (χ3n) is 5.26. The lowest BCUT2D eigenvalue weighted by atomic mass is 10.0. The molecule has 0 saturated carbocycles. The van der Waals surface area contributed by atoms with E-state index >= 15 is 0 Å². The van der Waals surface area contributed by atoms with Crippen LogP contribution < -0.4 is 16.8 Å². The highest BCUT2D eigenvalue weighted by atomic mass is 32.1. The maximum absolute atomic E-state index is 13.7. The number of carbonyl (C=O) groups excluding carboxylic acids is 3. The van der Waals surface area contributed by atoms with Gasteiger partial charge in [-0.25, -0.2) is 0 Å². The number of hydrogen-bond donors (Lipinski definition) is 3. The first-order chi connectivity index (χ1) is 15.5. The first-order valence-electron chi connectivity index (χ1n) is 10.3. The Morgan fingerprint density at radius 1 is 1.27 bits per heavy atom. The highest BCUT2D eigenvalue weighted by Gasteiger charge is 2.38. The van der Waals surface area contributed by atoms with Crippen LogP contribution in [0.5, 0.6) is 0 Å². The molecule has 0 spiro atoms. The number of nitrogen functional groups attached to an aromatic ring is 1. The largest absolute Gasteiger partial charge is 0.467 e. The first kappa shape index (κ1) is 24.1. The SMILES string of the molecule is CCC(C)(C)NC(=O)[C@H](c1ccc(C)o1)N(Cc1ccco1)C(=O)c1snc(C(N)=O)c1N. The quantitative estimate of drug-likeness (QED) is 0.431. The maximum atomic E-state index is 13.7. The van der Waals surface area contributed by atoms with Gasteiger partial charge in [-0.3, -0.25) is 14.4 Å². The lowest BCUT2D eigenvalue weighted by Crippen LogP contribution is -2.50. The van der Waals surface area contributed by atoms with Crippen molar-refractivity contribution in [3.8, 4) is 0 Å². The van der Waals surface area contributed by atoms with Crippen LogP contribution in [0.2, 0.25) is 0 Å². The van der Waals surface area contributed by atoms with Gasteiger partial charge in [-0.2, -0.15) is 4.37 Å². The predicted molar refractivity (Wildman–Crippen MR) is 122 cm³/mol. The molecule has 3 aromatic heterocycles. The number of hydrogen-bond acceptors (Lipinski definition) is 8. The molecule has 3 heterocycles. The van der Waals surface area contributed by atoms with Crippen molar-refractivity contribution in [1.29, 1.82) is 0 Å². The molecule has 10 nitrogen and oxygen atoms in total. The highest BCUT2D eigenvalue weighted by Crippen LogP contribution is 2.31. The summed E-state index contributed by atoms with van der Waals surface area (Å²) in [6.07, 6.45) is 2.13. The van der Waals surface area contributed by atoms with Crippen molar-refractivity contribution in [2.24, 2.45) is 5.73 Å². The van der Waals surface area contributed by atoms with Gasteiger partial charge in [0.05, 0.1) is 18.5 Å². The lowest BCUT2D eigenvalue weighted by Gasteiger charge is -2.32. The molecule has 3 aromatic rings. The molecule has 1 atom stereocenters. The molecule has 176 valence electrons. The Balaban J connectivity index is 2.10. The third-order valence-corrected chi connectivity index (χ3v) is 6.11. The molecule has 0 saturated heterocycles. The number of aromatic nitrogens is 1. The van der Waals surface area contributed by atoms with Gasteiger partial charge in [0.25, 0.3) is 17.7 Å². The topological polar surface area (TPSA) is 158 Å². The van der Waals surface area contributed by atoms with Crippen LogP contribution >= 0.6 is 11.5 Å². The van der Waals surface area contributed by atoms with Crippen molar-refractivity contribution in [1.82, 2.24) is 14.6 Å². The van der Waals surface area contributed by atoms with Crippen molar-refractivity contribution in [2.75, 3.05) is 5.73 Å². The maximum Gasteiger partial charge on any atom is 0.270 e. The Kier molecular flexibility index (Phi) is 6.92. The summed E-state index contributed by atoms with van der Waals surface area (Å²) in [4.78, 5) is 40.1. The third kappa shape index (κ3) is 5.25. The van der Waals surface area contributed by atoms with E-state index in [-0.39, 0.29) is 28.6 Å². The summed E-state index contributed by atoms with van der Waals surface area (Å²) in [5.41, 5.74) is 10.5. The van der Waals surface area contributed by atoms with Crippen LogP contribution in [0.25, 0.3) is 0 Å². The summed E-state index contributed by atoms with van der Waals surface area (Å²) in [7, 11) is 0. The van der Waals surface area contributed by atoms with Crippen molar-refractivity contribution < 1.29 is 23.2 Å². The van der Waals surface area contributed by atoms with Gasteiger partial charge >= 0.3 is 0 Å². The molecule has 0 fully saturated rings. The van der Waals surface area contributed by atoms with Gasteiger partial charge in [-0.05, 0) is 63.0 Å². The second-order valence-electron chi connectivity index (χ2n) is 8.23. The average molecular weight is 474 g/mol. The molecule has 33 heavy (non-hydrogen) atoms. The number of anilines is 1. The number of furan rings is 2. The standard InChI is InChI=1S/C22H27N5O5S/c1-5-22(3,4)25-20(29)17(14-9-8-12(2)32-14)27(11-13-7-6-10-31-13)21(30)18-15(23)16(19(24)28)26-33-18/h6-10,17H,5,11,23H2,1-4H3,(H2,24,28)(H,25,29)/t17-/m0/s1. The molecule has 3 amide bonds. The number of nitrogens with zero attached hydrogens (tertiary/aromatic N) is 2. The number of amides is 3. The number of nitrogens with two attached hydrogens (primary N) is 2. The minimum atomic E-state index is -1.14. The van der Waals surface area contributed by atoms with Gasteiger partial charge in [0.2, 0.25) is 0 Å². The van der Waals surface area contributed by atoms with Crippen LogP contribution in [-0.4, -0.2) is 32.5 Å². The van der Waals surface area contributed by atoms with Crippen molar-refractivity contribution in [3.63, 3.8) is 0 Å². The molecule has 0 radical (unpaired) electrons. The zero-order valence-electron chi connectivity index (χ0n) is 18.9. The minimum absolute atomic E-state index is 0.00816.